The number of nitrogens with one attached hydrogen (secondary N) is 1. The maximum atomic E-state index is 12.3. The standard InChI is InChI=1S/C18H31N5O2/c1-4-6-7-15(5-2)18(25)19-16-8-9-23(20-16)14-17(24)22-12-10-21(3)11-13-22/h8-9,15H,4-7,10-14H2,1-3H3,(H,19,20,25). The summed E-state index contributed by atoms with van der Waals surface area (Å²) in [5.41, 5.74) is 0. The monoisotopic (exact) mass is 349 g/mol. The highest BCUT2D eigenvalue weighted by atomic mass is 16.2. The van der Waals surface area contributed by atoms with Crippen molar-refractivity contribution in [2.45, 2.75) is 46.1 Å². The first-order chi connectivity index (χ1) is 12.0. The Balaban J connectivity index is 1.84. The predicted molar refractivity (Wildman–Crippen MR) is 98.2 cm³/mol. The quantitative estimate of drug-likeness (QED) is 0.777. The molecule has 0 aliphatic carbocycles. The number of unbranched alkanes of at least 4 members (excludes halogenated alkanes) is 1. The highest BCUT2D eigenvalue weighted by Crippen LogP contribution is 2.15. The van der Waals surface area contributed by atoms with Crippen molar-refractivity contribution in [3.8, 4) is 0 Å². The van der Waals surface area contributed by atoms with E-state index >= 15 is 0 Å². The second-order valence-electron chi connectivity index (χ2n) is 6.82. The Morgan fingerprint density at radius 3 is 2.60 bits per heavy atom. The molecule has 1 fully saturated rings. The van der Waals surface area contributed by atoms with Gasteiger partial charge in [0, 0.05) is 44.4 Å². The van der Waals surface area contributed by atoms with Gasteiger partial charge in [0.1, 0.15) is 6.54 Å². The molecule has 1 aliphatic rings. The molecule has 0 spiro atoms. The van der Waals surface area contributed by atoms with E-state index in [4.69, 9.17) is 0 Å². The van der Waals surface area contributed by atoms with Gasteiger partial charge in [0.05, 0.1) is 0 Å². The van der Waals surface area contributed by atoms with E-state index in [9.17, 15) is 9.59 Å². The van der Waals surface area contributed by atoms with Crippen molar-refractivity contribution in [3.63, 3.8) is 0 Å². The maximum absolute atomic E-state index is 12.3. The van der Waals surface area contributed by atoms with Crippen molar-refractivity contribution in [2.24, 2.45) is 5.92 Å². The van der Waals surface area contributed by atoms with Crippen LogP contribution in [0.2, 0.25) is 0 Å². The van der Waals surface area contributed by atoms with Crippen LogP contribution in [0.15, 0.2) is 12.3 Å². The number of hydrogen-bond donors (Lipinski definition) is 1. The summed E-state index contributed by atoms with van der Waals surface area (Å²) in [5.74, 6) is 0.637. The van der Waals surface area contributed by atoms with Crippen molar-refractivity contribution in [2.75, 3.05) is 38.5 Å². The predicted octanol–water partition coefficient (Wildman–Crippen LogP) is 1.81. The lowest BCUT2D eigenvalue weighted by Gasteiger charge is -2.32. The van der Waals surface area contributed by atoms with Gasteiger partial charge < -0.3 is 15.1 Å². The summed E-state index contributed by atoms with van der Waals surface area (Å²) < 4.78 is 1.60. The molecule has 0 saturated carbocycles. The van der Waals surface area contributed by atoms with Gasteiger partial charge in [0.15, 0.2) is 5.82 Å². The summed E-state index contributed by atoms with van der Waals surface area (Å²) in [5, 5.41) is 7.20. The third-order valence-corrected chi connectivity index (χ3v) is 4.81. The lowest BCUT2D eigenvalue weighted by molar-refractivity contribution is -0.133. The summed E-state index contributed by atoms with van der Waals surface area (Å²) in [6, 6.07) is 1.75. The molecule has 1 N–H and O–H groups in total. The number of aromatic nitrogens is 2. The summed E-state index contributed by atoms with van der Waals surface area (Å²) >= 11 is 0. The van der Waals surface area contributed by atoms with Crippen LogP contribution in [0.25, 0.3) is 0 Å². The number of carbonyl (C=O) groups is 2. The van der Waals surface area contributed by atoms with Gasteiger partial charge in [-0.3, -0.25) is 14.3 Å². The van der Waals surface area contributed by atoms with Crippen LogP contribution in [-0.4, -0.2) is 64.6 Å². The fourth-order valence-electron chi connectivity index (χ4n) is 3.01. The number of anilines is 1. The molecule has 1 aliphatic heterocycles. The van der Waals surface area contributed by atoms with Gasteiger partial charge in [-0.25, -0.2) is 0 Å². The van der Waals surface area contributed by atoms with Crippen LogP contribution >= 0.6 is 0 Å². The lowest BCUT2D eigenvalue weighted by Crippen LogP contribution is -2.48. The third kappa shape index (κ3) is 5.85. The SMILES string of the molecule is CCCCC(CC)C(=O)Nc1ccn(CC(=O)N2CCN(C)CC2)n1. The maximum Gasteiger partial charge on any atom is 0.244 e. The Hall–Kier alpha value is -1.89. The minimum Gasteiger partial charge on any atom is -0.339 e. The first-order valence-corrected chi connectivity index (χ1v) is 9.34. The molecular formula is C18H31N5O2. The number of hydrogen-bond acceptors (Lipinski definition) is 4. The van der Waals surface area contributed by atoms with Gasteiger partial charge in [-0.1, -0.05) is 26.7 Å². The van der Waals surface area contributed by atoms with E-state index in [1.165, 1.54) is 0 Å². The van der Waals surface area contributed by atoms with Crippen molar-refractivity contribution >= 4 is 17.6 Å². The van der Waals surface area contributed by atoms with Crippen molar-refractivity contribution in [3.05, 3.63) is 12.3 Å². The Labute approximate surface area is 150 Å². The minimum absolute atomic E-state index is 0.0200. The van der Waals surface area contributed by atoms with Crippen LogP contribution in [0.3, 0.4) is 0 Å². The molecule has 2 rings (SSSR count). The molecule has 1 aromatic rings. The van der Waals surface area contributed by atoms with Gasteiger partial charge in [-0.05, 0) is 19.9 Å². The molecule has 0 bridgehead atoms. The highest BCUT2D eigenvalue weighted by molar-refractivity contribution is 5.91. The minimum atomic E-state index is 0.0200. The van der Waals surface area contributed by atoms with Gasteiger partial charge in [-0.2, -0.15) is 5.10 Å². The van der Waals surface area contributed by atoms with Crippen LogP contribution in [0.1, 0.15) is 39.5 Å². The number of carbonyl (C=O) groups excluding carboxylic acids is 2. The van der Waals surface area contributed by atoms with Crippen molar-refractivity contribution in [1.82, 2.24) is 19.6 Å². The number of likely N-dealkylation sites (N-methyl/N-ethyl adjacent to an activating group) is 1. The average molecular weight is 349 g/mol. The Morgan fingerprint density at radius 2 is 1.96 bits per heavy atom. The Morgan fingerprint density at radius 1 is 1.24 bits per heavy atom. The normalized spacial score (nSPS) is 16.7. The Bertz CT molecular complexity index is 530. The third-order valence-electron chi connectivity index (χ3n) is 4.81. The summed E-state index contributed by atoms with van der Waals surface area (Å²) in [6.45, 7) is 7.71. The number of amides is 2. The average Bonchev–Trinajstić information content (AvgIpc) is 3.03. The smallest absolute Gasteiger partial charge is 0.244 e. The van der Waals surface area contributed by atoms with Crippen molar-refractivity contribution < 1.29 is 9.59 Å². The zero-order valence-corrected chi connectivity index (χ0v) is 15.7. The molecule has 1 unspecified atom stereocenters. The van der Waals surface area contributed by atoms with E-state index in [0.717, 1.165) is 51.9 Å². The molecule has 1 aromatic heterocycles. The Kier molecular flexibility index (Phi) is 7.43. The molecule has 0 radical (unpaired) electrons. The molecule has 7 nitrogen and oxygen atoms in total. The zero-order valence-electron chi connectivity index (χ0n) is 15.7. The van der Waals surface area contributed by atoms with Crippen LogP contribution in [0.4, 0.5) is 5.82 Å². The molecule has 1 saturated heterocycles. The number of rotatable bonds is 8. The molecule has 2 heterocycles. The summed E-state index contributed by atoms with van der Waals surface area (Å²) in [4.78, 5) is 28.7. The zero-order chi connectivity index (χ0) is 18.2. The molecule has 25 heavy (non-hydrogen) atoms. The number of piperazine rings is 1. The lowest BCUT2D eigenvalue weighted by atomic mass is 9.98. The summed E-state index contributed by atoms with van der Waals surface area (Å²) in [7, 11) is 2.06. The van der Waals surface area contributed by atoms with Crippen LogP contribution in [0, 0.1) is 5.92 Å². The van der Waals surface area contributed by atoms with Gasteiger partial charge in [0.25, 0.3) is 0 Å². The van der Waals surface area contributed by atoms with Crippen molar-refractivity contribution in [1.29, 1.82) is 0 Å². The van der Waals surface area contributed by atoms with E-state index in [1.807, 2.05) is 11.8 Å². The second-order valence-corrected chi connectivity index (χ2v) is 6.82. The molecule has 7 heteroatoms. The van der Waals surface area contributed by atoms with Gasteiger partial charge >= 0.3 is 0 Å². The van der Waals surface area contributed by atoms with Gasteiger partial charge in [0.2, 0.25) is 11.8 Å². The fraction of sp³-hybridized carbons (Fsp3) is 0.722. The highest BCUT2D eigenvalue weighted by Gasteiger charge is 2.20. The molecule has 2 amide bonds. The molecule has 0 aromatic carbocycles. The number of nitrogens with zero attached hydrogens (tertiary/aromatic N) is 4. The van der Waals surface area contributed by atoms with Crippen LogP contribution in [-0.2, 0) is 16.1 Å². The van der Waals surface area contributed by atoms with Gasteiger partial charge in [-0.15, -0.1) is 0 Å². The van der Waals surface area contributed by atoms with E-state index in [1.54, 1.807) is 16.9 Å². The molecule has 1 atom stereocenters. The largest absolute Gasteiger partial charge is 0.339 e. The first-order valence-electron chi connectivity index (χ1n) is 9.34. The van der Waals surface area contributed by atoms with Crippen LogP contribution in [0.5, 0.6) is 0 Å². The van der Waals surface area contributed by atoms with Crippen LogP contribution < -0.4 is 5.32 Å². The van der Waals surface area contributed by atoms with E-state index in [-0.39, 0.29) is 24.3 Å². The van der Waals surface area contributed by atoms with E-state index < -0.39 is 0 Å². The topological polar surface area (TPSA) is 70.5 Å². The molecule has 140 valence electrons. The molecular weight excluding hydrogens is 318 g/mol. The summed E-state index contributed by atoms with van der Waals surface area (Å²) in [6.07, 6.45) is 5.62. The second kappa shape index (κ2) is 9.56. The van der Waals surface area contributed by atoms with E-state index in [2.05, 4.69) is 29.3 Å². The van der Waals surface area contributed by atoms with E-state index in [0.29, 0.717) is 5.82 Å². The first kappa shape index (κ1) is 19.4. The fourth-order valence-corrected chi connectivity index (χ4v) is 3.01.